The van der Waals surface area contributed by atoms with Crippen molar-refractivity contribution in [1.29, 1.82) is 0 Å². The topological polar surface area (TPSA) is 61.5 Å². The van der Waals surface area contributed by atoms with E-state index in [1.807, 2.05) is 0 Å². The maximum atomic E-state index is 11.5. The lowest BCUT2D eigenvalue weighted by atomic mass is 10.2. The van der Waals surface area contributed by atoms with Gasteiger partial charge in [0.05, 0.1) is 30.0 Å². The molecule has 82 valence electrons. The molecule has 0 spiro atoms. The zero-order chi connectivity index (χ0) is 11.4. The number of nitrogen functional groups attached to an aromatic ring is 1. The number of methoxy groups -OCH3 is 1. The van der Waals surface area contributed by atoms with Gasteiger partial charge in [-0.25, -0.2) is 4.79 Å². The van der Waals surface area contributed by atoms with Crippen LogP contribution in [-0.4, -0.2) is 19.7 Å². The number of hydrogen-bond acceptors (Lipinski definition) is 4. The summed E-state index contributed by atoms with van der Waals surface area (Å²) in [6.07, 6.45) is 0. The SMILES string of the molecule is CCOC(=O)c1cc(OC)cc(N)c1Cl. The zero-order valence-corrected chi connectivity index (χ0v) is 9.30. The number of anilines is 1. The Labute approximate surface area is 92.9 Å². The predicted molar refractivity (Wildman–Crippen MR) is 58.4 cm³/mol. The Morgan fingerprint density at radius 2 is 2.20 bits per heavy atom. The van der Waals surface area contributed by atoms with Crippen molar-refractivity contribution in [3.05, 3.63) is 22.7 Å². The van der Waals surface area contributed by atoms with Crippen molar-refractivity contribution in [2.24, 2.45) is 0 Å². The second-order valence-corrected chi connectivity index (χ2v) is 3.18. The first-order valence-electron chi connectivity index (χ1n) is 4.40. The highest BCUT2D eigenvalue weighted by atomic mass is 35.5. The molecule has 0 radical (unpaired) electrons. The number of ether oxygens (including phenoxy) is 2. The highest BCUT2D eigenvalue weighted by Crippen LogP contribution is 2.29. The number of rotatable bonds is 3. The van der Waals surface area contributed by atoms with Crippen LogP contribution >= 0.6 is 11.6 Å². The summed E-state index contributed by atoms with van der Waals surface area (Å²) in [4.78, 5) is 11.5. The number of carbonyl (C=O) groups excluding carboxylic acids is 1. The zero-order valence-electron chi connectivity index (χ0n) is 8.54. The van der Waals surface area contributed by atoms with Crippen LogP contribution in [0.25, 0.3) is 0 Å². The summed E-state index contributed by atoms with van der Waals surface area (Å²) in [5.74, 6) is -0.0342. The Morgan fingerprint density at radius 3 is 2.73 bits per heavy atom. The van der Waals surface area contributed by atoms with E-state index in [-0.39, 0.29) is 17.2 Å². The Balaban J connectivity index is 3.15. The molecule has 0 bridgehead atoms. The minimum atomic E-state index is -0.506. The quantitative estimate of drug-likeness (QED) is 0.637. The Hall–Kier alpha value is -1.42. The van der Waals surface area contributed by atoms with Gasteiger partial charge in [0.1, 0.15) is 5.75 Å². The van der Waals surface area contributed by atoms with E-state index in [0.717, 1.165) is 0 Å². The van der Waals surface area contributed by atoms with E-state index < -0.39 is 5.97 Å². The van der Waals surface area contributed by atoms with Gasteiger partial charge in [0.15, 0.2) is 0 Å². The third kappa shape index (κ3) is 2.53. The van der Waals surface area contributed by atoms with Crippen LogP contribution in [0.2, 0.25) is 5.02 Å². The summed E-state index contributed by atoms with van der Waals surface area (Å²) in [6, 6.07) is 3.04. The van der Waals surface area contributed by atoms with Crippen molar-refractivity contribution in [3.8, 4) is 5.75 Å². The normalized spacial score (nSPS) is 9.80. The molecule has 0 saturated carbocycles. The van der Waals surface area contributed by atoms with E-state index in [9.17, 15) is 4.79 Å². The van der Waals surface area contributed by atoms with Crippen LogP contribution in [0.5, 0.6) is 5.75 Å². The molecule has 2 N–H and O–H groups in total. The van der Waals surface area contributed by atoms with Gasteiger partial charge in [0.25, 0.3) is 0 Å². The van der Waals surface area contributed by atoms with E-state index in [2.05, 4.69) is 0 Å². The molecule has 0 aliphatic carbocycles. The maximum absolute atomic E-state index is 11.5. The fourth-order valence-electron chi connectivity index (χ4n) is 1.09. The number of benzene rings is 1. The fourth-order valence-corrected chi connectivity index (χ4v) is 1.28. The van der Waals surface area contributed by atoms with E-state index in [1.165, 1.54) is 13.2 Å². The lowest BCUT2D eigenvalue weighted by molar-refractivity contribution is 0.0526. The van der Waals surface area contributed by atoms with Crippen LogP contribution in [0, 0.1) is 0 Å². The minimum Gasteiger partial charge on any atom is -0.497 e. The molecule has 1 aromatic carbocycles. The molecule has 0 heterocycles. The minimum absolute atomic E-state index is 0.189. The first kappa shape index (κ1) is 11.7. The number of nitrogens with two attached hydrogens (primary N) is 1. The van der Waals surface area contributed by atoms with Gasteiger partial charge in [0, 0.05) is 6.07 Å². The molecule has 0 amide bonds. The van der Waals surface area contributed by atoms with Crippen molar-refractivity contribution < 1.29 is 14.3 Å². The first-order valence-corrected chi connectivity index (χ1v) is 4.78. The van der Waals surface area contributed by atoms with Gasteiger partial charge in [-0.15, -0.1) is 0 Å². The molecule has 1 rings (SSSR count). The molecule has 0 aliphatic rings. The van der Waals surface area contributed by atoms with Crippen molar-refractivity contribution >= 4 is 23.3 Å². The van der Waals surface area contributed by atoms with Gasteiger partial charge in [0.2, 0.25) is 0 Å². The number of halogens is 1. The molecule has 4 nitrogen and oxygen atoms in total. The molecule has 0 fully saturated rings. The third-order valence-electron chi connectivity index (χ3n) is 1.81. The average molecular weight is 230 g/mol. The number of carbonyl (C=O) groups is 1. The summed E-state index contributed by atoms with van der Waals surface area (Å²) in [5.41, 5.74) is 6.12. The molecule has 0 aromatic heterocycles. The van der Waals surface area contributed by atoms with Crippen molar-refractivity contribution in [3.63, 3.8) is 0 Å². The van der Waals surface area contributed by atoms with Crippen molar-refractivity contribution in [1.82, 2.24) is 0 Å². The number of esters is 1. The monoisotopic (exact) mass is 229 g/mol. The van der Waals surface area contributed by atoms with Gasteiger partial charge in [-0.2, -0.15) is 0 Å². The highest BCUT2D eigenvalue weighted by molar-refractivity contribution is 6.36. The Morgan fingerprint density at radius 1 is 1.53 bits per heavy atom. The van der Waals surface area contributed by atoms with Crippen LogP contribution in [0.4, 0.5) is 5.69 Å². The standard InChI is InChI=1S/C10H12ClNO3/c1-3-15-10(13)7-4-6(14-2)5-8(12)9(7)11/h4-5H,3,12H2,1-2H3. The summed E-state index contributed by atoms with van der Waals surface area (Å²) < 4.78 is 9.80. The molecule has 5 heteroatoms. The molecular formula is C10H12ClNO3. The van der Waals surface area contributed by atoms with E-state index in [4.69, 9.17) is 26.8 Å². The van der Waals surface area contributed by atoms with Gasteiger partial charge in [-0.1, -0.05) is 11.6 Å². The predicted octanol–water partition coefficient (Wildman–Crippen LogP) is 2.11. The lowest BCUT2D eigenvalue weighted by Gasteiger charge is -2.08. The van der Waals surface area contributed by atoms with E-state index in [0.29, 0.717) is 11.4 Å². The van der Waals surface area contributed by atoms with Crippen LogP contribution < -0.4 is 10.5 Å². The smallest absolute Gasteiger partial charge is 0.339 e. The largest absolute Gasteiger partial charge is 0.497 e. The molecule has 0 aliphatic heterocycles. The fraction of sp³-hybridized carbons (Fsp3) is 0.300. The average Bonchev–Trinajstić information content (AvgIpc) is 2.22. The highest BCUT2D eigenvalue weighted by Gasteiger charge is 2.15. The van der Waals surface area contributed by atoms with Crippen LogP contribution in [-0.2, 0) is 4.74 Å². The second kappa shape index (κ2) is 4.89. The molecule has 0 atom stereocenters. The lowest BCUT2D eigenvalue weighted by Crippen LogP contribution is -2.07. The second-order valence-electron chi connectivity index (χ2n) is 2.80. The first-order chi connectivity index (χ1) is 7.10. The van der Waals surface area contributed by atoms with Gasteiger partial charge in [-0.05, 0) is 13.0 Å². The molecular weight excluding hydrogens is 218 g/mol. The molecule has 15 heavy (non-hydrogen) atoms. The Kier molecular flexibility index (Phi) is 3.80. The van der Waals surface area contributed by atoms with Gasteiger partial charge in [-0.3, -0.25) is 0 Å². The third-order valence-corrected chi connectivity index (χ3v) is 2.23. The summed E-state index contributed by atoms with van der Waals surface area (Å²) in [5, 5.41) is 0.189. The summed E-state index contributed by atoms with van der Waals surface area (Å²) >= 11 is 5.87. The summed E-state index contributed by atoms with van der Waals surface area (Å²) in [7, 11) is 1.48. The van der Waals surface area contributed by atoms with E-state index in [1.54, 1.807) is 13.0 Å². The molecule has 1 aromatic rings. The van der Waals surface area contributed by atoms with E-state index >= 15 is 0 Å². The van der Waals surface area contributed by atoms with Gasteiger partial charge < -0.3 is 15.2 Å². The number of hydrogen-bond donors (Lipinski definition) is 1. The molecule has 0 unspecified atom stereocenters. The van der Waals surface area contributed by atoms with Crippen molar-refractivity contribution in [2.75, 3.05) is 19.5 Å². The van der Waals surface area contributed by atoms with Gasteiger partial charge >= 0.3 is 5.97 Å². The Bertz CT molecular complexity index is 379. The molecule has 0 saturated heterocycles. The maximum Gasteiger partial charge on any atom is 0.339 e. The van der Waals surface area contributed by atoms with Crippen LogP contribution in [0.15, 0.2) is 12.1 Å². The van der Waals surface area contributed by atoms with Crippen LogP contribution in [0.3, 0.4) is 0 Å². The summed E-state index contributed by atoms with van der Waals surface area (Å²) in [6.45, 7) is 2.00. The van der Waals surface area contributed by atoms with Crippen LogP contribution in [0.1, 0.15) is 17.3 Å². The van der Waals surface area contributed by atoms with Crippen molar-refractivity contribution in [2.45, 2.75) is 6.92 Å².